The standard InChI is InChI=1S/C17H17F3N4OS/c1-10(21-2)6-14-23-15(25-24-14)8-13-9-26-16(22-13)11-4-3-5-12(7-11)17(18,19)20/h3-5,7,9-10,21H,6,8H2,1-2H3. The molecule has 0 fully saturated rings. The van der Waals surface area contributed by atoms with E-state index in [9.17, 15) is 13.2 Å². The number of nitrogens with one attached hydrogen (secondary N) is 1. The Kier molecular flexibility index (Phi) is 5.38. The maximum atomic E-state index is 12.8. The highest BCUT2D eigenvalue weighted by atomic mass is 32.1. The van der Waals surface area contributed by atoms with Gasteiger partial charge in [0.2, 0.25) is 5.89 Å². The molecular formula is C17H17F3N4OS. The largest absolute Gasteiger partial charge is 0.416 e. The lowest BCUT2D eigenvalue weighted by molar-refractivity contribution is -0.137. The first kappa shape index (κ1) is 18.5. The summed E-state index contributed by atoms with van der Waals surface area (Å²) in [4.78, 5) is 8.72. The lowest BCUT2D eigenvalue weighted by Crippen LogP contribution is -2.24. The number of hydrogen-bond acceptors (Lipinski definition) is 6. The Bertz CT molecular complexity index is 875. The average Bonchev–Trinajstić information content (AvgIpc) is 3.24. The first-order valence-corrected chi connectivity index (χ1v) is 8.84. The third-order valence-electron chi connectivity index (χ3n) is 3.81. The smallest absolute Gasteiger partial charge is 0.339 e. The van der Waals surface area contributed by atoms with Crippen LogP contribution in [-0.4, -0.2) is 28.2 Å². The molecule has 2 heterocycles. The van der Waals surface area contributed by atoms with Gasteiger partial charge in [-0.1, -0.05) is 17.3 Å². The van der Waals surface area contributed by atoms with Gasteiger partial charge in [0.05, 0.1) is 17.7 Å². The molecule has 3 rings (SSSR count). The van der Waals surface area contributed by atoms with E-state index < -0.39 is 11.7 Å². The van der Waals surface area contributed by atoms with Crippen LogP contribution in [0, 0.1) is 0 Å². The van der Waals surface area contributed by atoms with Gasteiger partial charge >= 0.3 is 6.18 Å². The van der Waals surface area contributed by atoms with Gasteiger partial charge in [0.15, 0.2) is 5.82 Å². The van der Waals surface area contributed by atoms with Gasteiger partial charge in [0, 0.05) is 23.4 Å². The number of aromatic nitrogens is 3. The number of nitrogens with zero attached hydrogens (tertiary/aromatic N) is 3. The second kappa shape index (κ2) is 7.55. The van der Waals surface area contributed by atoms with Crippen molar-refractivity contribution in [3.63, 3.8) is 0 Å². The van der Waals surface area contributed by atoms with Crippen LogP contribution >= 0.6 is 11.3 Å². The van der Waals surface area contributed by atoms with Crippen molar-refractivity contribution >= 4 is 11.3 Å². The van der Waals surface area contributed by atoms with Crippen molar-refractivity contribution in [3.05, 3.63) is 52.6 Å². The Morgan fingerprint density at radius 2 is 2.08 bits per heavy atom. The molecule has 0 aliphatic carbocycles. The molecule has 0 saturated carbocycles. The first-order chi connectivity index (χ1) is 12.3. The fourth-order valence-corrected chi connectivity index (χ4v) is 3.14. The molecule has 0 aliphatic rings. The molecule has 138 valence electrons. The second-order valence-electron chi connectivity index (χ2n) is 5.90. The number of likely N-dealkylation sites (N-methyl/N-ethyl adjacent to an activating group) is 1. The van der Waals surface area contributed by atoms with Crippen LogP contribution < -0.4 is 5.32 Å². The van der Waals surface area contributed by atoms with Crippen LogP contribution in [0.1, 0.15) is 29.9 Å². The number of hydrogen-bond donors (Lipinski definition) is 1. The molecule has 26 heavy (non-hydrogen) atoms. The van der Waals surface area contributed by atoms with Crippen LogP contribution in [0.2, 0.25) is 0 Å². The number of alkyl halides is 3. The molecular weight excluding hydrogens is 365 g/mol. The van der Waals surface area contributed by atoms with Crippen molar-refractivity contribution in [1.82, 2.24) is 20.4 Å². The summed E-state index contributed by atoms with van der Waals surface area (Å²) < 4.78 is 43.8. The summed E-state index contributed by atoms with van der Waals surface area (Å²) in [5, 5.41) is 9.34. The van der Waals surface area contributed by atoms with Crippen molar-refractivity contribution in [2.75, 3.05) is 7.05 Å². The highest BCUT2D eigenvalue weighted by Crippen LogP contribution is 2.33. The molecule has 1 unspecified atom stereocenters. The zero-order valence-electron chi connectivity index (χ0n) is 14.2. The van der Waals surface area contributed by atoms with Crippen LogP contribution in [0.15, 0.2) is 34.2 Å². The Morgan fingerprint density at radius 3 is 2.81 bits per heavy atom. The van der Waals surface area contributed by atoms with Gasteiger partial charge < -0.3 is 9.84 Å². The maximum absolute atomic E-state index is 12.8. The molecule has 0 bridgehead atoms. The molecule has 2 aromatic heterocycles. The lowest BCUT2D eigenvalue weighted by Gasteiger charge is -2.07. The molecule has 0 aliphatic heterocycles. The van der Waals surface area contributed by atoms with Gasteiger partial charge in [-0.3, -0.25) is 0 Å². The van der Waals surface area contributed by atoms with E-state index in [1.54, 1.807) is 11.4 Å². The van der Waals surface area contributed by atoms with Crippen molar-refractivity contribution < 1.29 is 17.7 Å². The molecule has 3 aromatic rings. The van der Waals surface area contributed by atoms with E-state index in [2.05, 4.69) is 20.4 Å². The molecule has 1 N–H and O–H groups in total. The Hall–Kier alpha value is -2.26. The van der Waals surface area contributed by atoms with E-state index >= 15 is 0 Å². The average molecular weight is 382 g/mol. The predicted molar refractivity (Wildman–Crippen MR) is 91.9 cm³/mol. The maximum Gasteiger partial charge on any atom is 0.416 e. The first-order valence-electron chi connectivity index (χ1n) is 7.96. The van der Waals surface area contributed by atoms with Crippen molar-refractivity contribution in [2.24, 2.45) is 0 Å². The van der Waals surface area contributed by atoms with Gasteiger partial charge in [-0.2, -0.15) is 18.2 Å². The van der Waals surface area contributed by atoms with Gasteiger partial charge in [0.1, 0.15) is 5.01 Å². The molecule has 1 aromatic carbocycles. The van der Waals surface area contributed by atoms with Crippen molar-refractivity contribution in [2.45, 2.75) is 32.0 Å². The topological polar surface area (TPSA) is 63.8 Å². The summed E-state index contributed by atoms with van der Waals surface area (Å²) in [6, 6.07) is 5.37. The van der Waals surface area contributed by atoms with E-state index in [4.69, 9.17) is 4.52 Å². The molecule has 0 amide bonds. The predicted octanol–water partition coefficient (Wildman–Crippen LogP) is 3.95. The number of thiazole rings is 1. The van der Waals surface area contributed by atoms with E-state index in [0.717, 1.165) is 12.1 Å². The van der Waals surface area contributed by atoms with Crippen LogP contribution in [0.25, 0.3) is 10.6 Å². The Labute approximate surface area is 152 Å². The minimum absolute atomic E-state index is 0.229. The fourth-order valence-electron chi connectivity index (χ4n) is 2.33. The molecule has 5 nitrogen and oxygen atoms in total. The van der Waals surface area contributed by atoms with Crippen LogP contribution in [0.4, 0.5) is 13.2 Å². The summed E-state index contributed by atoms with van der Waals surface area (Å²) in [5.41, 5.74) is 0.427. The third-order valence-corrected chi connectivity index (χ3v) is 4.75. The van der Waals surface area contributed by atoms with E-state index in [0.29, 0.717) is 40.8 Å². The zero-order chi connectivity index (χ0) is 18.7. The summed E-state index contributed by atoms with van der Waals surface area (Å²) in [6.07, 6.45) is -3.39. The monoisotopic (exact) mass is 382 g/mol. The van der Waals surface area contributed by atoms with Crippen LogP contribution in [-0.2, 0) is 19.0 Å². The molecule has 1 atom stereocenters. The van der Waals surface area contributed by atoms with Gasteiger partial charge in [-0.05, 0) is 26.1 Å². The van der Waals surface area contributed by atoms with Gasteiger partial charge in [-0.25, -0.2) is 4.98 Å². The van der Waals surface area contributed by atoms with Crippen molar-refractivity contribution in [1.29, 1.82) is 0 Å². The Morgan fingerprint density at radius 1 is 1.27 bits per heavy atom. The normalized spacial score (nSPS) is 13.1. The van der Waals surface area contributed by atoms with Gasteiger partial charge in [-0.15, -0.1) is 11.3 Å². The minimum Gasteiger partial charge on any atom is -0.339 e. The fraction of sp³-hybridized carbons (Fsp3) is 0.353. The highest BCUT2D eigenvalue weighted by molar-refractivity contribution is 7.13. The molecule has 0 spiro atoms. The quantitative estimate of drug-likeness (QED) is 0.699. The SMILES string of the molecule is CNC(C)Cc1noc(Cc2csc(-c3cccc(C(F)(F)F)c3)n2)n1. The van der Waals surface area contributed by atoms with E-state index in [1.165, 1.54) is 17.4 Å². The minimum atomic E-state index is -4.37. The van der Waals surface area contributed by atoms with Crippen LogP contribution in [0.5, 0.6) is 0 Å². The van der Waals surface area contributed by atoms with Crippen LogP contribution in [0.3, 0.4) is 0 Å². The highest BCUT2D eigenvalue weighted by Gasteiger charge is 2.30. The van der Waals surface area contributed by atoms with E-state index in [1.807, 2.05) is 14.0 Å². The number of halogens is 3. The molecule has 0 saturated heterocycles. The second-order valence-corrected chi connectivity index (χ2v) is 6.76. The van der Waals surface area contributed by atoms with Gasteiger partial charge in [0.25, 0.3) is 0 Å². The molecule has 9 heteroatoms. The lowest BCUT2D eigenvalue weighted by atomic mass is 10.1. The van der Waals surface area contributed by atoms with Crippen molar-refractivity contribution in [3.8, 4) is 10.6 Å². The molecule has 0 radical (unpaired) electrons. The Balaban J connectivity index is 1.73. The summed E-state index contributed by atoms with van der Waals surface area (Å²) in [7, 11) is 1.86. The zero-order valence-corrected chi connectivity index (χ0v) is 15.0. The summed E-state index contributed by atoms with van der Waals surface area (Å²) in [6.45, 7) is 2.01. The summed E-state index contributed by atoms with van der Waals surface area (Å²) >= 11 is 1.28. The van der Waals surface area contributed by atoms with E-state index in [-0.39, 0.29) is 6.04 Å². The third kappa shape index (κ3) is 4.47. The summed E-state index contributed by atoms with van der Waals surface area (Å²) in [5.74, 6) is 1.04. The number of benzene rings is 1. The number of rotatable bonds is 6.